The fraction of sp³-hybridized carbons (Fsp3) is 0. The Morgan fingerprint density at radius 1 is 0.302 bits per heavy atom. The van der Waals surface area contributed by atoms with Crippen LogP contribution in [0.1, 0.15) is 0 Å². The van der Waals surface area contributed by atoms with Gasteiger partial charge in [-0.05, 0) is 94.3 Å². The number of nitrogens with zero attached hydrogens (tertiary/aromatic N) is 4. The zero-order valence-electron chi connectivity index (χ0n) is 28.6. The molecule has 4 aromatic heterocycles. The number of pyridine rings is 1. The first-order valence-electron chi connectivity index (χ1n) is 18.1. The summed E-state index contributed by atoms with van der Waals surface area (Å²) in [5, 5.41) is 12.4. The monoisotopic (exact) mass is 674 g/mol. The van der Waals surface area contributed by atoms with Gasteiger partial charge >= 0.3 is 0 Å². The summed E-state index contributed by atoms with van der Waals surface area (Å²) < 4.78 is 7.23. The van der Waals surface area contributed by atoms with Crippen LogP contribution in [-0.2, 0) is 0 Å². The van der Waals surface area contributed by atoms with Crippen molar-refractivity contribution in [2.45, 2.75) is 0 Å². The van der Waals surface area contributed by atoms with E-state index >= 15 is 0 Å². The Balaban J connectivity index is 1.14. The fourth-order valence-corrected chi connectivity index (χ4v) is 9.06. The van der Waals surface area contributed by atoms with Crippen LogP contribution in [0, 0.1) is 0 Å². The highest BCUT2D eigenvalue weighted by Gasteiger charge is 2.21. The van der Waals surface area contributed by atoms with Gasteiger partial charge in [-0.25, -0.2) is 0 Å². The van der Waals surface area contributed by atoms with E-state index in [1.165, 1.54) is 70.5 Å². The fourth-order valence-electron chi connectivity index (χ4n) is 9.06. The van der Waals surface area contributed by atoms with Crippen molar-refractivity contribution < 1.29 is 0 Å². The van der Waals surface area contributed by atoms with Crippen molar-refractivity contribution in [3.05, 3.63) is 182 Å². The molecular weight excluding hydrogens is 645 g/mol. The molecule has 246 valence electrons. The van der Waals surface area contributed by atoms with Crippen LogP contribution >= 0.6 is 0 Å². The molecule has 0 aliphatic rings. The summed E-state index contributed by atoms with van der Waals surface area (Å²) >= 11 is 0. The van der Waals surface area contributed by atoms with Gasteiger partial charge in [0.15, 0.2) is 0 Å². The number of rotatable bonds is 3. The Morgan fingerprint density at radius 2 is 0.830 bits per heavy atom. The molecule has 4 nitrogen and oxygen atoms in total. The molecule has 0 amide bonds. The summed E-state index contributed by atoms with van der Waals surface area (Å²) in [5.41, 5.74) is 10.5. The van der Waals surface area contributed by atoms with E-state index in [0.29, 0.717) is 0 Å². The molecule has 0 fully saturated rings. The molecule has 12 rings (SSSR count). The van der Waals surface area contributed by atoms with Crippen molar-refractivity contribution >= 4 is 87.0 Å². The second-order valence-electron chi connectivity index (χ2n) is 14.0. The smallest absolute Gasteiger partial charge is 0.0571 e. The molecule has 4 heterocycles. The molecular formula is C49H30N4. The van der Waals surface area contributed by atoms with Gasteiger partial charge in [0.1, 0.15) is 0 Å². The van der Waals surface area contributed by atoms with Gasteiger partial charge in [-0.1, -0.05) is 97.1 Å². The van der Waals surface area contributed by atoms with Crippen molar-refractivity contribution in [2.24, 2.45) is 0 Å². The lowest BCUT2D eigenvalue weighted by Gasteiger charge is -2.11. The Morgan fingerprint density at radius 3 is 1.58 bits per heavy atom. The normalized spacial score (nSPS) is 12.2. The van der Waals surface area contributed by atoms with Gasteiger partial charge in [-0.2, -0.15) is 0 Å². The average Bonchev–Trinajstić information content (AvgIpc) is 3.86. The van der Waals surface area contributed by atoms with Crippen molar-refractivity contribution in [1.82, 2.24) is 18.7 Å². The third-order valence-electron chi connectivity index (χ3n) is 11.3. The number of hydrogen-bond donors (Lipinski definition) is 0. The zero-order valence-corrected chi connectivity index (χ0v) is 28.6. The lowest BCUT2D eigenvalue weighted by Crippen LogP contribution is -1.96. The minimum Gasteiger partial charge on any atom is -0.309 e. The summed E-state index contributed by atoms with van der Waals surface area (Å²) in [6.45, 7) is 0. The van der Waals surface area contributed by atoms with Gasteiger partial charge in [0.25, 0.3) is 0 Å². The summed E-state index contributed by atoms with van der Waals surface area (Å²) in [4.78, 5) is 4.56. The van der Waals surface area contributed by atoms with Crippen LogP contribution in [0.5, 0.6) is 0 Å². The molecule has 8 aromatic carbocycles. The summed E-state index contributed by atoms with van der Waals surface area (Å²) in [7, 11) is 0. The standard InChI is InChI=1S/C49H30N4/c1-2-11-33(12-3-1)51-44-23-21-35(29-40(44)41-30-50-27-26-45(41)51)53-43-17-9-7-15-39(43)49-47(53)25-24-46-48(49)38-14-6-8-16-42(38)52(46)34-20-22-37-32(28-34)19-18-31-10-4-5-13-36(31)37/h1-30H. The van der Waals surface area contributed by atoms with E-state index in [0.717, 1.165) is 33.5 Å². The third kappa shape index (κ3) is 3.92. The highest BCUT2D eigenvalue weighted by atomic mass is 15.0. The van der Waals surface area contributed by atoms with Crippen LogP contribution in [0.15, 0.2) is 182 Å². The van der Waals surface area contributed by atoms with Gasteiger partial charge in [0.2, 0.25) is 0 Å². The highest BCUT2D eigenvalue weighted by Crippen LogP contribution is 2.43. The van der Waals surface area contributed by atoms with Gasteiger partial charge < -0.3 is 13.7 Å². The lowest BCUT2D eigenvalue weighted by molar-refractivity contribution is 1.16. The van der Waals surface area contributed by atoms with Crippen molar-refractivity contribution in [1.29, 1.82) is 0 Å². The first-order valence-corrected chi connectivity index (χ1v) is 18.1. The molecule has 0 N–H and O–H groups in total. The van der Waals surface area contributed by atoms with Crippen LogP contribution < -0.4 is 0 Å². The van der Waals surface area contributed by atoms with Gasteiger partial charge in [-0.3, -0.25) is 4.98 Å². The number of benzene rings is 8. The Labute approximate surface area is 304 Å². The molecule has 0 saturated heterocycles. The van der Waals surface area contributed by atoms with Crippen LogP contribution in [0.2, 0.25) is 0 Å². The predicted octanol–water partition coefficient (Wildman–Crippen LogP) is 12.7. The number of fused-ring (bicyclic) bond motifs is 13. The van der Waals surface area contributed by atoms with E-state index < -0.39 is 0 Å². The number of hydrogen-bond acceptors (Lipinski definition) is 1. The molecule has 0 unspecified atom stereocenters. The summed E-state index contributed by atoms with van der Waals surface area (Å²) in [5.74, 6) is 0. The van der Waals surface area contributed by atoms with Gasteiger partial charge in [-0.15, -0.1) is 0 Å². The lowest BCUT2D eigenvalue weighted by atomic mass is 10.0. The van der Waals surface area contributed by atoms with Crippen LogP contribution in [0.25, 0.3) is 104 Å². The molecule has 0 radical (unpaired) electrons. The molecule has 12 aromatic rings. The molecule has 0 saturated carbocycles. The average molecular weight is 675 g/mol. The van der Waals surface area contributed by atoms with E-state index in [2.05, 4.69) is 189 Å². The SMILES string of the molecule is c1ccc(-n2c3ccncc3c3cc(-n4c5ccccc5c5c6c7ccccc7n(-c7ccc8c(ccc9ccccc98)c7)c6ccc54)ccc32)cc1. The number of aromatic nitrogens is 4. The Hall–Kier alpha value is -7.17. The van der Waals surface area contributed by atoms with Gasteiger partial charge in [0, 0.05) is 61.8 Å². The quantitative estimate of drug-likeness (QED) is 0.171. The van der Waals surface area contributed by atoms with E-state index in [-0.39, 0.29) is 0 Å². The Kier molecular flexibility index (Phi) is 5.74. The van der Waals surface area contributed by atoms with E-state index in [9.17, 15) is 0 Å². The third-order valence-corrected chi connectivity index (χ3v) is 11.3. The van der Waals surface area contributed by atoms with E-state index in [1.54, 1.807) is 0 Å². The second-order valence-corrected chi connectivity index (χ2v) is 14.0. The first-order chi connectivity index (χ1) is 26.3. The molecule has 0 atom stereocenters. The van der Waals surface area contributed by atoms with Crippen LogP contribution in [-0.4, -0.2) is 18.7 Å². The van der Waals surface area contributed by atoms with E-state index in [4.69, 9.17) is 0 Å². The summed E-state index contributed by atoms with van der Waals surface area (Å²) in [6.07, 6.45) is 3.89. The molecule has 0 aliphatic heterocycles. The second kappa shape index (κ2) is 10.7. The first kappa shape index (κ1) is 28.5. The molecule has 4 heteroatoms. The molecule has 0 aliphatic carbocycles. The zero-order chi connectivity index (χ0) is 34.6. The van der Waals surface area contributed by atoms with Crippen molar-refractivity contribution in [3.8, 4) is 17.1 Å². The predicted molar refractivity (Wildman–Crippen MR) is 222 cm³/mol. The maximum absolute atomic E-state index is 4.56. The van der Waals surface area contributed by atoms with Crippen LogP contribution in [0.4, 0.5) is 0 Å². The summed E-state index contributed by atoms with van der Waals surface area (Å²) in [6, 6.07) is 62.0. The number of para-hydroxylation sites is 3. The maximum Gasteiger partial charge on any atom is 0.0571 e. The maximum atomic E-state index is 4.56. The minimum atomic E-state index is 1.13. The van der Waals surface area contributed by atoms with Crippen LogP contribution in [0.3, 0.4) is 0 Å². The molecule has 0 spiro atoms. The Bertz CT molecular complexity index is 3450. The largest absolute Gasteiger partial charge is 0.309 e. The van der Waals surface area contributed by atoms with Gasteiger partial charge in [0.05, 0.1) is 33.1 Å². The van der Waals surface area contributed by atoms with Crippen molar-refractivity contribution in [2.75, 3.05) is 0 Å². The van der Waals surface area contributed by atoms with E-state index in [1.807, 2.05) is 12.4 Å². The van der Waals surface area contributed by atoms with Crippen molar-refractivity contribution in [3.63, 3.8) is 0 Å². The molecule has 53 heavy (non-hydrogen) atoms. The highest BCUT2D eigenvalue weighted by molar-refractivity contribution is 6.29. The minimum absolute atomic E-state index is 1.13. The molecule has 0 bridgehead atoms. The topological polar surface area (TPSA) is 27.7 Å².